The van der Waals surface area contributed by atoms with E-state index in [1.165, 1.54) is 6.26 Å². The van der Waals surface area contributed by atoms with Gasteiger partial charge in [0.05, 0.1) is 31.4 Å². The van der Waals surface area contributed by atoms with Crippen molar-refractivity contribution in [3.8, 4) is 11.5 Å². The topological polar surface area (TPSA) is 92.5 Å². The summed E-state index contributed by atoms with van der Waals surface area (Å²) in [6.07, 6.45) is 2.15. The van der Waals surface area contributed by atoms with Crippen LogP contribution in [0.3, 0.4) is 0 Å². The van der Waals surface area contributed by atoms with Gasteiger partial charge in [0.2, 0.25) is 5.91 Å². The van der Waals surface area contributed by atoms with Gasteiger partial charge in [-0.25, -0.2) is 0 Å². The maximum absolute atomic E-state index is 14.4. The lowest BCUT2D eigenvalue weighted by Gasteiger charge is -2.47. The Balaban J connectivity index is 1.35. The van der Waals surface area contributed by atoms with Crippen LogP contribution >= 0.6 is 0 Å². The fraction of sp³-hybridized carbons (Fsp3) is 0.387. The third-order valence-corrected chi connectivity index (χ3v) is 8.06. The first-order valence-electron chi connectivity index (χ1n) is 14.0. The Labute approximate surface area is 233 Å². The molecule has 2 atom stereocenters. The van der Waals surface area contributed by atoms with Crippen LogP contribution in [0.1, 0.15) is 63.4 Å². The van der Waals surface area contributed by atoms with E-state index in [4.69, 9.17) is 13.9 Å². The number of rotatable bonds is 6. The average Bonchev–Trinajstić information content (AvgIpc) is 3.53. The molecule has 0 bridgehead atoms. The third-order valence-electron chi connectivity index (χ3n) is 8.06. The van der Waals surface area contributed by atoms with Gasteiger partial charge in [-0.3, -0.25) is 14.4 Å². The Kier molecular flexibility index (Phi) is 6.96. The Morgan fingerprint density at radius 2 is 1.57 bits per heavy atom. The molecule has 0 unspecified atom stereocenters. The van der Waals surface area contributed by atoms with Crippen LogP contribution in [0.2, 0.25) is 0 Å². The maximum Gasteiger partial charge on any atom is 0.289 e. The van der Waals surface area contributed by atoms with Gasteiger partial charge in [-0.1, -0.05) is 18.2 Å². The molecule has 3 aliphatic rings. The van der Waals surface area contributed by atoms with Crippen molar-refractivity contribution in [3.63, 3.8) is 0 Å². The minimum Gasteiger partial charge on any atom is -0.490 e. The summed E-state index contributed by atoms with van der Waals surface area (Å²) in [6, 6.07) is 14.3. The molecule has 3 amide bonds. The van der Waals surface area contributed by atoms with Crippen molar-refractivity contribution in [2.45, 2.75) is 32.2 Å². The molecule has 40 heavy (non-hydrogen) atoms. The highest BCUT2D eigenvalue weighted by Gasteiger charge is 2.48. The van der Waals surface area contributed by atoms with Crippen LogP contribution < -0.4 is 9.47 Å². The Morgan fingerprint density at radius 3 is 2.27 bits per heavy atom. The molecule has 2 aromatic carbocycles. The summed E-state index contributed by atoms with van der Waals surface area (Å²) in [4.78, 5) is 46.3. The first-order valence-corrected chi connectivity index (χ1v) is 14.0. The second-order valence-corrected chi connectivity index (χ2v) is 10.2. The second kappa shape index (κ2) is 10.7. The van der Waals surface area contributed by atoms with Crippen molar-refractivity contribution >= 4 is 17.7 Å². The number of hydrogen-bond donors (Lipinski definition) is 0. The molecule has 0 aliphatic carbocycles. The quantitative estimate of drug-likeness (QED) is 0.468. The van der Waals surface area contributed by atoms with Gasteiger partial charge in [-0.05, 0) is 67.3 Å². The Morgan fingerprint density at radius 1 is 0.875 bits per heavy atom. The minimum absolute atomic E-state index is 0.0419. The first kappa shape index (κ1) is 26.0. The number of carbonyl (C=O) groups excluding carboxylic acids is 3. The molecule has 1 aromatic heterocycles. The molecule has 6 rings (SSSR count). The van der Waals surface area contributed by atoms with E-state index in [0.717, 1.165) is 16.7 Å². The molecule has 1 fully saturated rings. The summed E-state index contributed by atoms with van der Waals surface area (Å²) in [5.74, 6) is 0.743. The van der Waals surface area contributed by atoms with E-state index in [1.54, 1.807) is 17.0 Å². The Bertz CT molecular complexity index is 1430. The zero-order chi connectivity index (χ0) is 27.8. The van der Waals surface area contributed by atoms with E-state index >= 15 is 0 Å². The number of nitrogens with zero attached hydrogens (tertiary/aromatic N) is 3. The van der Waals surface area contributed by atoms with E-state index < -0.39 is 12.0 Å². The lowest BCUT2D eigenvalue weighted by atomic mass is 9.75. The van der Waals surface area contributed by atoms with Gasteiger partial charge in [-0.2, -0.15) is 0 Å². The normalized spacial score (nSPS) is 19.9. The molecule has 3 aliphatic heterocycles. The van der Waals surface area contributed by atoms with Crippen LogP contribution in [0.5, 0.6) is 11.5 Å². The summed E-state index contributed by atoms with van der Waals surface area (Å²) >= 11 is 0. The maximum atomic E-state index is 14.4. The van der Waals surface area contributed by atoms with E-state index in [1.807, 2.05) is 60.0 Å². The van der Waals surface area contributed by atoms with Crippen LogP contribution in [0.15, 0.2) is 59.2 Å². The van der Waals surface area contributed by atoms with Crippen LogP contribution in [-0.4, -0.2) is 78.4 Å². The van der Waals surface area contributed by atoms with Gasteiger partial charge in [-0.15, -0.1) is 0 Å². The molecular weight excluding hydrogens is 510 g/mol. The van der Waals surface area contributed by atoms with Crippen LogP contribution in [0.25, 0.3) is 0 Å². The van der Waals surface area contributed by atoms with Crippen LogP contribution in [-0.2, 0) is 11.2 Å². The number of hydrogen-bond acceptors (Lipinski definition) is 6. The highest BCUT2D eigenvalue weighted by atomic mass is 16.5. The number of fused-ring (bicyclic) bond motifs is 4. The molecule has 0 N–H and O–H groups in total. The van der Waals surface area contributed by atoms with Crippen molar-refractivity contribution in [2.75, 3.05) is 45.9 Å². The number of benzene rings is 2. The van der Waals surface area contributed by atoms with Gasteiger partial charge >= 0.3 is 0 Å². The largest absolute Gasteiger partial charge is 0.490 e. The molecule has 3 aromatic rings. The van der Waals surface area contributed by atoms with Crippen molar-refractivity contribution in [1.29, 1.82) is 0 Å². The minimum atomic E-state index is -0.576. The highest BCUT2D eigenvalue weighted by molar-refractivity contribution is 6.01. The standard InChI is InChI=1S/C31H33N3O6/c1-3-38-25-18-20-11-12-34-28(23(20)19-26(25)39-4-2)27(21-8-5-6-9-22(21)29(34)35)31(37)33-15-13-32(14-16-33)30(36)24-10-7-17-40-24/h5-10,17-19,27-28H,3-4,11-16H2,1-2H3/t27-,28+/m1/s1. The zero-order valence-electron chi connectivity index (χ0n) is 22.8. The van der Waals surface area contributed by atoms with Crippen molar-refractivity contribution in [2.24, 2.45) is 0 Å². The fourth-order valence-electron chi connectivity index (χ4n) is 6.22. The summed E-state index contributed by atoms with van der Waals surface area (Å²) < 4.78 is 17.1. The third kappa shape index (κ3) is 4.39. The van der Waals surface area contributed by atoms with Gasteiger partial charge in [0.25, 0.3) is 11.8 Å². The molecule has 9 nitrogen and oxygen atoms in total. The van der Waals surface area contributed by atoms with Crippen LogP contribution in [0, 0.1) is 0 Å². The highest BCUT2D eigenvalue weighted by Crippen LogP contribution is 2.49. The van der Waals surface area contributed by atoms with Gasteiger partial charge < -0.3 is 28.6 Å². The van der Waals surface area contributed by atoms with Crippen LogP contribution in [0.4, 0.5) is 0 Å². The molecule has 208 valence electrons. The zero-order valence-corrected chi connectivity index (χ0v) is 22.8. The van der Waals surface area contributed by atoms with E-state index in [2.05, 4.69) is 0 Å². The number of ether oxygens (including phenoxy) is 2. The number of piperazine rings is 1. The summed E-state index contributed by atoms with van der Waals surface area (Å²) in [5.41, 5.74) is 3.30. The molecular formula is C31H33N3O6. The Hall–Kier alpha value is -4.27. The first-order chi connectivity index (χ1) is 19.5. The predicted molar refractivity (Wildman–Crippen MR) is 147 cm³/mol. The van der Waals surface area contributed by atoms with Gasteiger partial charge in [0.1, 0.15) is 0 Å². The summed E-state index contributed by atoms with van der Waals surface area (Å²) in [5, 5.41) is 0. The smallest absolute Gasteiger partial charge is 0.289 e. The van der Waals surface area contributed by atoms with Crippen molar-refractivity contribution in [3.05, 3.63) is 82.8 Å². The lowest BCUT2D eigenvalue weighted by molar-refractivity contribution is -0.136. The average molecular weight is 544 g/mol. The van der Waals surface area contributed by atoms with Crippen molar-refractivity contribution < 1.29 is 28.3 Å². The van der Waals surface area contributed by atoms with E-state index in [9.17, 15) is 14.4 Å². The van der Waals surface area contributed by atoms with Crippen molar-refractivity contribution in [1.82, 2.24) is 14.7 Å². The van der Waals surface area contributed by atoms with Gasteiger partial charge in [0, 0.05) is 38.3 Å². The summed E-state index contributed by atoms with van der Waals surface area (Å²) in [7, 11) is 0. The SMILES string of the molecule is CCOc1cc2c(cc1OCC)[C@H]1[C@H](C(=O)N3CCN(C(=O)c4ccco4)CC3)c3ccccc3C(=O)N1CC2. The molecule has 0 saturated carbocycles. The molecule has 0 radical (unpaired) electrons. The van der Waals surface area contributed by atoms with E-state index in [-0.39, 0.29) is 17.7 Å². The number of carbonyl (C=O) groups is 3. The lowest BCUT2D eigenvalue weighted by Crippen LogP contribution is -2.55. The monoisotopic (exact) mass is 543 g/mol. The number of amides is 3. The number of furan rings is 1. The molecule has 9 heteroatoms. The summed E-state index contributed by atoms with van der Waals surface area (Å²) in [6.45, 7) is 6.99. The second-order valence-electron chi connectivity index (χ2n) is 10.2. The fourth-order valence-corrected chi connectivity index (χ4v) is 6.22. The predicted octanol–water partition coefficient (Wildman–Crippen LogP) is 3.90. The molecule has 4 heterocycles. The molecule has 1 saturated heterocycles. The van der Waals surface area contributed by atoms with Gasteiger partial charge in [0.15, 0.2) is 17.3 Å². The van der Waals surface area contributed by atoms with E-state index in [0.29, 0.717) is 75.2 Å². The molecule has 0 spiro atoms.